The van der Waals surface area contributed by atoms with Crippen LogP contribution in [-0.2, 0) is 11.3 Å². The van der Waals surface area contributed by atoms with Crippen LogP contribution in [0.2, 0.25) is 0 Å². The van der Waals surface area contributed by atoms with E-state index in [1.807, 2.05) is 12.3 Å². The molecule has 0 bridgehead atoms. The Morgan fingerprint density at radius 2 is 2.29 bits per heavy atom. The van der Waals surface area contributed by atoms with Crippen LogP contribution in [0.4, 0.5) is 0 Å². The Kier molecular flexibility index (Phi) is 3.63. The second-order valence-corrected chi connectivity index (χ2v) is 4.91. The first-order valence-corrected chi connectivity index (χ1v) is 6.10. The number of aromatic nitrogens is 3. The van der Waals surface area contributed by atoms with Gasteiger partial charge in [0.1, 0.15) is 12.3 Å². The number of hydrogen-bond donors (Lipinski definition) is 0. The Morgan fingerprint density at radius 1 is 1.53 bits per heavy atom. The molecule has 0 N–H and O–H groups in total. The molecular weight excluding hydrogens is 286 g/mol. The predicted octanol–water partition coefficient (Wildman–Crippen LogP) is 3.03. The summed E-state index contributed by atoms with van der Waals surface area (Å²) in [5.74, 6) is 1.06. The fourth-order valence-corrected chi connectivity index (χ4v) is 2.03. The maximum atomic E-state index is 5.22. The topological polar surface area (TPSA) is 53.1 Å². The van der Waals surface area contributed by atoms with Crippen LogP contribution in [0.25, 0.3) is 11.6 Å². The van der Waals surface area contributed by atoms with Crippen molar-refractivity contribution in [1.82, 2.24) is 14.7 Å². The van der Waals surface area contributed by atoms with Gasteiger partial charge in [0.15, 0.2) is 5.82 Å². The summed E-state index contributed by atoms with van der Waals surface area (Å²) in [5, 5.41) is 3.85. The number of methoxy groups -OCH3 is 1. The lowest BCUT2D eigenvalue weighted by molar-refractivity contribution is 0.174. The maximum Gasteiger partial charge on any atom is 0.274 e. The van der Waals surface area contributed by atoms with Crippen LogP contribution in [0.3, 0.4) is 0 Å². The summed E-state index contributed by atoms with van der Waals surface area (Å²) in [4.78, 5) is 4.28. The summed E-state index contributed by atoms with van der Waals surface area (Å²) in [7, 11) is 1.60. The van der Waals surface area contributed by atoms with E-state index in [4.69, 9.17) is 9.26 Å². The summed E-state index contributed by atoms with van der Waals surface area (Å²) in [5.41, 5.74) is 0.904. The zero-order chi connectivity index (χ0) is 12.4. The molecule has 2 heterocycles. The number of nitrogens with zero attached hydrogens (tertiary/aromatic N) is 3. The van der Waals surface area contributed by atoms with E-state index in [2.05, 4.69) is 44.5 Å². The van der Waals surface area contributed by atoms with Crippen LogP contribution in [-0.4, -0.2) is 21.8 Å². The Labute approximate surface area is 108 Å². The van der Waals surface area contributed by atoms with Crippen molar-refractivity contribution in [2.24, 2.45) is 0 Å². The van der Waals surface area contributed by atoms with Crippen LogP contribution < -0.4 is 0 Å². The quantitative estimate of drug-likeness (QED) is 0.871. The average Bonchev–Trinajstić information content (AvgIpc) is 2.85. The lowest BCUT2D eigenvalue weighted by Crippen LogP contribution is -2.01. The largest absolute Gasteiger partial charge is 0.377 e. The normalized spacial score (nSPS) is 11.4. The molecule has 2 aromatic heterocycles. The number of halogens is 1. The van der Waals surface area contributed by atoms with Crippen molar-refractivity contribution in [3.8, 4) is 11.6 Å². The van der Waals surface area contributed by atoms with Crippen molar-refractivity contribution in [3.63, 3.8) is 0 Å². The molecule has 2 aromatic rings. The van der Waals surface area contributed by atoms with Gasteiger partial charge in [-0.15, -0.1) is 0 Å². The van der Waals surface area contributed by atoms with Gasteiger partial charge in [-0.05, 0) is 35.8 Å². The third-order valence-corrected chi connectivity index (χ3v) is 2.77. The molecule has 5 nitrogen and oxygen atoms in total. The molecule has 0 amide bonds. The lowest BCUT2D eigenvalue weighted by atomic mass is 10.3. The van der Waals surface area contributed by atoms with Crippen LogP contribution in [0, 0.1) is 0 Å². The molecule has 0 unspecified atom stereocenters. The third kappa shape index (κ3) is 2.58. The minimum atomic E-state index is 0.328. The summed E-state index contributed by atoms with van der Waals surface area (Å²) >= 11 is 3.45. The summed E-state index contributed by atoms with van der Waals surface area (Å²) in [6.45, 7) is 4.55. The standard InChI is InChI=1S/C11H14BrN3O2/c1-7(2)15-5-8(12)4-9(15)11-13-10(6-16-3)14-17-11/h4-5,7H,6H2,1-3H3. The van der Waals surface area contributed by atoms with Gasteiger partial charge in [0, 0.05) is 23.8 Å². The lowest BCUT2D eigenvalue weighted by Gasteiger charge is -2.09. The third-order valence-electron chi connectivity index (χ3n) is 2.33. The van der Waals surface area contributed by atoms with Gasteiger partial charge in [0.25, 0.3) is 5.89 Å². The van der Waals surface area contributed by atoms with Crippen molar-refractivity contribution in [2.75, 3.05) is 7.11 Å². The molecule has 0 atom stereocenters. The molecule has 0 saturated heterocycles. The van der Waals surface area contributed by atoms with Gasteiger partial charge in [-0.25, -0.2) is 0 Å². The van der Waals surface area contributed by atoms with E-state index in [0.29, 0.717) is 24.4 Å². The average molecular weight is 300 g/mol. The second kappa shape index (κ2) is 5.01. The fourth-order valence-electron chi connectivity index (χ4n) is 1.59. The van der Waals surface area contributed by atoms with E-state index in [-0.39, 0.29) is 0 Å². The summed E-state index contributed by atoms with van der Waals surface area (Å²) in [6.07, 6.45) is 2.00. The van der Waals surface area contributed by atoms with Gasteiger partial charge in [-0.3, -0.25) is 0 Å². The van der Waals surface area contributed by atoms with Gasteiger partial charge < -0.3 is 13.8 Å². The first kappa shape index (κ1) is 12.3. The van der Waals surface area contributed by atoms with Crippen LogP contribution in [0.5, 0.6) is 0 Å². The monoisotopic (exact) mass is 299 g/mol. The fraction of sp³-hybridized carbons (Fsp3) is 0.455. The number of ether oxygens (including phenoxy) is 1. The van der Waals surface area contributed by atoms with E-state index in [1.54, 1.807) is 7.11 Å². The van der Waals surface area contributed by atoms with E-state index in [1.165, 1.54) is 0 Å². The van der Waals surface area contributed by atoms with E-state index < -0.39 is 0 Å². The predicted molar refractivity (Wildman–Crippen MR) is 66.5 cm³/mol. The highest BCUT2D eigenvalue weighted by Gasteiger charge is 2.15. The summed E-state index contributed by atoms with van der Waals surface area (Å²) < 4.78 is 13.3. The zero-order valence-electron chi connectivity index (χ0n) is 9.98. The zero-order valence-corrected chi connectivity index (χ0v) is 11.6. The molecule has 0 aliphatic carbocycles. The first-order chi connectivity index (χ1) is 8.11. The van der Waals surface area contributed by atoms with Gasteiger partial charge in [0.05, 0.1) is 0 Å². The highest BCUT2D eigenvalue weighted by molar-refractivity contribution is 9.10. The Balaban J connectivity index is 2.37. The van der Waals surface area contributed by atoms with Crippen molar-refractivity contribution in [1.29, 1.82) is 0 Å². The van der Waals surface area contributed by atoms with Gasteiger partial charge in [-0.1, -0.05) is 5.16 Å². The minimum Gasteiger partial charge on any atom is -0.377 e. The summed E-state index contributed by atoms with van der Waals surface area (Å²) in [6, 6.07) is 2.29. The molecular formula is C11H14BrN3O2. The van der Waals surface area contributed by atoms with Crippen LogP contribution in [0.15, 0.2) is 21.3 Å². The maximum absolute atomic E-state index is 5.22. The first-order valence-electron chi connectivity index (χ1n) is 5.31. The molecule has 2 rings (SSSR count). The van der Waals surface area contributed by atoms with Crippen molar-refractivity contribution >= 4 is 15.9 Å². The molecule has 17 heavy (non-hydrogen) atoms. The molecule has 0 aromatic carbocycles. The van der Waals surface area contributed by atoms with Crippen LogP contribution in [0.1, 0.15) is 25.7 Å². The minimum absolute atomic E-state index is 0.328. The van der Waals surface area contributed by atoms with Crippen molar-refractivity contribution < 1.29 is 9.26 Å². The van der Waals surface area contributed by atoms with Crippen molar-refractivity contribution in [2.45, 2.75) is 26.5 Å². The molecule has 0 aliphatic rings. The number of hydrogen-bond acceptors (Lipinski definition) is 4. The molecule has 6 heteroatoms. The molecule has 0 saturated carbocycles. The Hall–Kier alpha value is -1.14. The van der Waals surface area contributed by atoms with Gasteiger partial charge in [0.2, 0.25) is 0 Å². The van der Waals surface area contributed by atoms with E-state index >= 15 is 0 Å². The molecule has 0 fully saturated rings. The second-order valence-electron chi connectivity index (χ2n) is 3.99. The molecule has 0 spiro atoms. The smallest absolute Gasteiger partial charge is 0.274 e. The Morgan fingerprint density at radius 3 is 2.94 bits per heavy atom. The molecule has 0 radical (unpaired) electrons. The van der Waals surface area contributed by atoms with Crippen molar-refractivity contribution in [3.05, 3.63) is 22.6 Å². The Bertz CT molecular complexity index is 505. The highest BCUT2D eigenvalue weighted by Crippen LogP contribution is 2.27. The molecule has 0 aliphatic heterocycles. The van der Waals surface area contributed by atoms with Crippen LogP contribution >= 0.6 is 15.9 Å². The van der Waals surface area contributed by atoms with Gasteiger partial charge in [-0.2, -0.15) is 4.98 Å². The highest BCUT2D eigenvalue weighted by atomic mass is 79.9. The van der Waals surface area contributed by atoms with E-state index in [9.17, 15) is 0 Å². The van der Waals surface area contributed by atoms with Gasteiger partial charge >= 0.3 is 0 Å². The number of rotatable bonds is 4. The van der Waals surface area contributed by atoms with E-state index in [0.717, 1.165) is 10.2 Å². The SMILES string of the molecule is COCc1noc(-c2cc(Br)cn2C(C)C)n1. The molecule has 92 valence electrons.